The number of sulfonamides is 1. The molecule has 9 nitrogen and oxygen atoms in total. The van der Waals surface area contributed by atoms with E-state index in [9.17, 15) is 8.42 Å². The molecule has 0 radical (unpaired) electrons. The Morgan fingerprint density at radius 2 is 2.04 bits per heavy atom. The number of anilines is 4. The monoisotopic (exact) mass is 385 g/mol. The van der Waals surface area contributed by atoms with Gasteiger partial charge in [-0.1, -0.05) is 6.07 Å². The Morgan fingerprint density at radius 3 is 2.78 bits per heavy atom. The number of nitrogens with one attached hydrogen (secondary N) is 4. The molecule has 0 aliphatic rings. The zero-order valence-corrected chi connectivity index (χ0v) is 15.8. The quantitative estimate of drug-likeness (QED) is 0.409. The third-order valence-electron chi connectivity index (χ3n) is 3.62. The highest BCUT2D eigenvalue weighted by Gasteiger charge is 2.06. The van der Waals surface area contributed by atoms with Crippen molar-refractivity contribution >= 4 is 46.5 Å². The molecule has 0 amide bonds. The van der Waals surface area contributed by atoms with Crippen LogP contribution in [0.3, 0.4) is 0 Å². The van der Waals surface area contributed by atoms with E-state index in [0.717, 1.165) is 29.7 Å². The zero-order valence-electron chi connectivity index (χ0n) is 15.0. The molecular formula is C16H20BN7O2S. The SMILES string of the molecule is Bc1cnc(Nc2cccc(NS(C)(=O)=O)c2)nc1NCCc1c[nH]cn1. The first-order valence-electron chi connectivity index (χ1n) is 8.29. The summed E-state index contributed by atoms with van der Waals surface area (Å²) in [7, 11) is -1.41. The van der Waals surface area contributed by atoms with Crippen molar-refractivity contribution < 1.29 is 8.42 Å². The minimum absolute atomic E-state index is 0.416. The molecule has 0 aliphatic carbocycles. The average molecular weight is 385 g/mol. The van der Waals surface area contributed by atoms with Gasteiger partial charge >= 0.3 is 0 Å². The van der Waals surface area contributed by atoms with Gasteiger partial charge in [0, 0.05) is 31.0 Å². The predicted octanol–water partition coefficient (Wildman–Crippen LogP) is 0.228. The maximum absolute atomic E-state index is 11.4. The first-order chi connectivity index (χ1) is 12.9. The van der Waals surface area contributed by atoms with Gasteiger partial charge in [0.25, 0.3) is 0 Å². The minimum atomic E-state index is -3.33. The Hall–Kier alpha value is -3.08. The summed E-state index contributed by atoms with van der Waals surface area (Å²) in [5.41, 5.74) is 3.04. The minimum Gasteiger partial charge on any atom is -0.370 e. The van der Waals surface area contributed by atoms with Gasteiger partial charge in [-0.05, 0) is 23.7 Å². The van der Waals surface area contributed by atoms with Crippen LogP contribution in [0, 0.1) is 0 Å². The van der Waals surface area contributed by atoms with Gasteiger partial charge < -0.3 is 15.6 Å². The second-order valence-corrected chi connectivity index (χ2v) is 7.79. The summed E-state index contributed by atoms with van der Waals surface area (Å²) in [6, 6.07) is 6.90. The fourth-order valence-electron chi connectivity index (χ4n) is 2.42. The van der Waals surface area contributed by atoms with E-state index in [4.69, 9.17) is 0 Å². The van der Waals surface area contributed by atoms with E-state index in [-0.39, 0.29) is 0 Å². The van der Waals surface area contributed by atoms with Gasteiger partial charge in [0.15, 0.2) is 0 Å². The first kappa shape index (κ1) is 18.7. The molecule has 0 saturated heterocycles. The number of imidazole rings is 1. The van der Waals surface area contributed by atoms with Crippen LogP contribution in [0.4, 0.5) is 23.1 Å². The molecule has 0 spiro atoms. The molecule has 0 bridgehead atoms. The number of nitrogens with zero attached hydrogens (tertiary/aromatic N) is 3. The van der Waals surface area contributed by atoms with E-state index < -0.39 is 10.0 Å². The number of aromatic nitrogens is 4. The molecular weight excluding hydrogens is 365 g/mol. The Balaban J connectivity index is 1.67. The van der Waals surface area contributed by atoms with Gasteiger partial charge in [0.2, 0.25) is 16.0 Å². The smallest absolute Gasteiger partial charge is 0.229 e. The normalized spacial score (nSPS) is 11.1. The first-order valence-corrected chi connectivity index (χ1v) is 10.2. The van der Waals surface area contributed by atoms with Crippen molar-refractivity contribution in [2.75, 3.05) is 28.2 Å². The molecule has 27 heavy (non-hydrogen) atoms. The number of benzene rings is 1. The van der Waals surface area contributed by atoms with Crippen molar-refractivity contribution in [3.8, 4) is 0 Å². The lowest BCUT2D eigenvalue weighted by Crippen LogP contribution is -2.18. The van der Waals surface area contributed by atoms with Crippen LogP contribution in [0.15, 0.2) is 43.0 Å². The Kier molecular flexibility index (Phi) is 5.60. The lowest BCUT2D eigenvalue weighted by molar-refractivity contribution is 0.607. The largest absolute Gasteiger partial charge is 0.370 e. The second kappa shape index (κ2) is 8.08. The van der Waals surface area contributed by atoms with Gasteiger partial charge in [0.1, 0.15) is 13.7 Å². The van der Waals surface area contributed by atoms with Crippen LogP contribution in [0.2, 0.25) is 0 Å². The zero-order chi connectivity index (χ0) is 19.3. The maximum atomic E-state index is 11.4. The highest BCUT2D eigenvalue weighted by molar-refractivity contribution is 7.92. The Labute approximate surface area is 158 Å². The van der Waals surface area contributed by atoms with Gasteiger partial charge in [-0.25, -0.2) is 18.4 Å². The van der Waals surface area contributed by atoms with Gasteiger partial charge in [-0.2, -0.15) is 4.98 Å². The molecule has 2 aromatic heterocycles. The van der Waals surface area contributed by atoms with Crippen LogP contribution >= 0.6 is 0 Å². The average Bonchev–Trinajstić information content (AvgIpc) is 3.10. The van der Waals surface area contributed by atoms with E-state index in [1.54, 1.807) is 36.8 Å². The number of aromatic amines is 1. The second-order valence-electron chi connectivity index (χ2n) is 6.04. The van der Waals surface area contributed by atoms with Gasteiger partial charge in [0.05, 0.1) is 24.0 Å². The molecule has 0 atom stereocenters. The molecule has 4 N–H and O–H groups in total. The number of rotatable bonds is 8. The van der Waals surface area contributed by atoms with Crippen LogP contribution in [0.1, 0.15) is 5.69 Å². The van der Waals surface area contributed by atoms with Crippen molar-refractivity contribution in [3.63, 3.8) is 0 Å². The number of hydrogen-bond donors (Lipinski definition) is 4. The topological polar surface area (TPSA) is 125 Å². The lowest BCUT2D eigenvalue weighted by atomic mass is 9.99. The van der Waals surface area contributed by atoms with Crippen LogP contribution in [-0.4, -0.2) is 49.0 Å². The summed E-state index contributed by atoms with van der Waals surface area (Å²) < 4.78 is 25.2. The predicted molar refractivity (Wildman–Crippen MR) is 109 cm³/mol. The summed E-state index contributed by atoms with van der Waals surface area (Å²) in [5, 5.41) is 6.37. The van der Waals surface area contributed by atoms with Gasteiger partial charge in [-0.15, -0.1) is 0 Å². The van der Waals surface area contributed by atoms with Crippen molar-refractivity contribution in [2.24, 2.45) is 0 Å². The molecule has 0 unspecified atom stereocenters. The summed E-state index contributed by atoms with van der Waals surface area (Å²) in [5.74, 6) is 1.15. The van der Waals surface area contributed by atoms with E-state index in [0.29, 0.717) is 23.9 Å². The third kappa shape index (κ3) is 5.71. The Morgan fingerprint density at radius 1 is 1.22 bits per heavy atom. The molecule has 140 valence electrons. The van der Waals surface area contributed by atoms with Crippen molar-refractivity contribution in [1.82, 2.24) is 19.9 Å². The standard InChI is InChI=1S/C16H20BN7O2S/c1-27(25,26)24-12-4-2-3-11(7-12)22-16-20-9-14(17)15(23-16)19-6-5-13-8-18-10-21-13/h2-4,7-10,24H,5-6,17H2,1H3,(H,18,21)(H2,19,20,22,23). The molecule has 3 aromatic rings. The highest BCUT2D eigenvalue weighted by atomic mass is 32.2. The van der Waals surface area contributed by atoms with Gasteiger partial charge in [-0.3, -0.25) is 4.72 Å². The van der Waals surface area contributed by atoms with Crippen LogP contribution in [0.25, 0.3) is 0 Å². The summed E-state index contributed by atoms with van der Waals surface area (Å²) in [6.45, 7) is 0.690. The maximum Gasteiger partial charge on any atom is 0.229 e. The summed E-state index contributed by atoms with van der Waals surface area (Å²) in [6.07, 6.45) is 7.12. The van der Waals surface area contributed by atoms with Crippen LogP contribution in [-0.2, 0) is 16.4 Å². The van der Waals surface area contributed by atoms with Crippen LogP contribution in [0.5, 0.6) is 0 Å². The molecule has 0 aliphatic heterocycles. The molecule has 0 fully saturated rings. The highest BCUT2D eigenvalue weighted by Crippen LogP contribution is 2.19. The number of hydrogen-bond acceptors (Lipinski definition) is 7. The fourth-order valence-corrected chi connectivity index (χ4v) is 2.98. The summed E-state index contributed by atoms with van der Waals surface area (Å²) >= 11 is 0. The molecule has 11 heteroatoms. The lowest BCUT2D eigenvalue weighted by Gasteiger charge is -2.11. The fraction of sp³-hybridized carbons (Fsp3) is 0.188. The summed E-state index contributed by atoms with van der Waals surface area (Å²) in [4.78, 5) is 15.9. The van der Waals surface area contributed by atoms with E-state index in [1.807, 2.05) is 14.0 Å². The van der Waals surface area contributed by atoms with E-state index in [2.05, 4.69) is 35.3 Å². The molecule has 2 heterocycles. The van der Waals surface area contributed by atoms with E-state index in [1.165, 1.54) is 0 Å². The number of H-pyrrole nitrogens is 1. The van der Waals surface area contributed by atoms with Crippen molar-refractivity contribution in [1.29, 1.82) is 0 Å². The third-order valence-corrected chi connectivity index (χ3v) is 4.23. The Bertz CT molecular complexity index is 1010. The molecule has 0 saturated carbocycles. The molecule has 1 aromatic carbocycles. The van der Waals surface area contributed by atoms with Crippen molar-refractivity contribution in [2.45, 2.75) is 6.42 Å². The molecule has 3 rings (SSSR count). The van der Waals surface area contributed by atoms with E-state index >= 15 is 0 Å². The van der Waals surface area contributed by atoms with Crippen molar-refractivity contribution in [3.05, 3.63) is 48.7 Å². The van der Waals surface area contributed by atoms with Crippen LogP contribution < -0.4 is 20.8 Å².